The van der Waals surface area contributed by atoms with Crippen LogP contribution in [0.15, 0.2) is 24.3 Å². The normalized spacial score (nSPS) is 12.6. The Balaban J connectivity index is 3.00. The Labute approximate surface area is 127 Å². The molecule has 0 spiro atoms. The molecule has 4 heteroatoms. The minimum absolute atomic E-state index is 0.431. The smallest absolute Gasteiger partial charge is 0.328 e. The predicted molar refractivity (Wildman–Crippen MR) is 86.8 cm³/mol. The molecule has 0 amide bonds. The minimum Gasteiger partial charge on any atom is -0.478 e. The van der Waals surface area contributed by atoms with E-state index in [2.05, 4.69) is 24.8 Å². The number of methoxy groups -OCH3 is 1. The Kier molecular flexibility index (Phi) is 6.96. The van der Waals surface area contributed by atoms with Gasteiger partial charge in [-0.2, -0.15) is 0 Å². The van der Waals surface area contributed by atoms with E-state index in [4.69, 9.17) is 9.84 Å². The van der Waals surface area contributed by atoms with E-state index >= 15 is 0 Å². The molecule has 0 aromatic heterocycles. The lowest BCUT2D eigenvalue weighted by Gasteiger charge is -2.31. The summed E-state index contributed by atoms with van der Waals surface area (Å²) in [4.78, 5) is 12.9. The summed E-state index contributed by atoms with van der Waals surface area (Å²) in [5.41, 5.74) is 3.14. The van der Waals surface area contributed by atoms with Gasteiger partial charge in [0.15, 0.2) is 0 Å². The molecule has 1 atom stereocenters. The van der Waals surface area contributed by atoms with E-state index in [0.29, 0.717) is 12.6 Å². The van der Waals surface area contributed by atoms with Gasteiger partial charge in [0.25, 0.3) is 0 Å². The van der Waals surface area contributed by atoms with Crippen LogP contribution in [0, 0.1) is 6.92 Å². The molecule has 0 heterocycles. The Bertz CT molecular complexity index is 497. The lowest BCUT2D eigenvalue weighted by atomic mass is 10.1. The number of carboxylic acids is 1. The number of rotatable bonds is 8. The molecule has 1 aromatic rings. The van der Waals surface area contributed by atoms with Gasteiger partial charge in [-0.05, 0) is 49.6 Å². The maximum atomic E-state index is 10.6. The molecule has 0 bridgehead atoms. The zero-order chi connectivity index (χ0) is 15.8. The number of aliphatic carboxylic acids is 1. The van der Waals surface area contributed by atoms with Crippen molar-refractivity contribution >= 4 is 17.7 Å². The first-order chi connectivity index (χ1) is 9.99. The number of hydrogen-bond donors (Lipinski definition) is 1. The van der Waals surface area contributed by atoms with Crippen LogP contribution in [0.25, 0.3) is 6.08 Å². The quantitative estimate of drug-likeness (QED) is 0.746. The van der Waals surface area contributed by atoms with Crippen molar-refractivity contribution in [2.45, 2.75) is 33.2 Å². The number of benzene rings is 1. The first kappa shape index (κ1) is 17.2. The molecule has 0 saturated carbocycles. The highest BCUT2D eigenvalue weighted by molar-refractivity contribution is 5.85. The second kappa shape index (κ2) is 8.47. The number of hydrogen-bond acceptors (Lipinski definition) is 3. The van der Waals surface area contributed by atoms with Crippen LogP contribution in [-0.2, 0) is 9.53 Å². The Morgan fingerprint density at radius 3 is 2.71 bits per heavy atom. The van der Waals surface area contributed by atoms with E-state index in [-0.39, 0.29) is 0 Å². The van der Waals surface area contributed by atoms with Gasteiger partial charge >= 0.3 is 5.97 Å². The van der Waals surface area contributed by atoms with E-state index in [9.17, 15) is 4.79 Å². The molecule has 21 heavy (non-hydrogen) atoms. The monoisotopic (exact) mass is 291 g/mol. The number of carboxylic acid groups (broad SMARTS) is 1. The van der Waals surface area contributed by atoms with Crippen LogP contribution in [0.1, 0.15) is 31.4 Å². The summed E-state index contributed by atoms with van der Waals surface area (Å²) < 4.78 is 5.19. The number of ether oxygens (including phenoxy) is 1. The molecule has 4 nitrogen and oxygen atoms in total. The lowest BCUT2D eigenvalue weighted by Crippen LogP contribution is -2.35. The molecule has 1 unspecified atom stereocenters. The van der Waals surface area contributed by atoms with Crippen LogP contribution in [0.2, 0.25) is 0 Å². The third kappa shape index (κ3) is 5.23. The maximum Gasteiger partial charge on any atom is 0.328 e. The fraction of sp³-hybridized carbons (Fsp3) is 0.471. The van der Waals surface area contributed by atoms with E-state index in [1.54, 1.807) is 13.2 Å². The summed E-state index contributed by atoms with van der Waals surface area (Å²) in [6.45, 7) is 7.89. The highest BCUT2D eigenvalue weighted by Gasteiger charge is 2.13. The van der Waals surface area contributed by atoms with Crippen LogP contribution in [-0.4, -0.2) is 37.4 Å². The Morgan fingerprint density at radius 1 is 1.48 bits per heavy atom. The zero-order valence-electron chi connectivity index (χ0n) is 13.3. The predicted octanol–water partition coefficient (Wildman–Crippen LogP) is 3.34. The van der Waals surface area contributed by atoms with Crippen LogP contribution < -0.4 is 4.90 Å². The van der Waals surface area contributed by atoms with Crippen LogP contribution >= 0.6 is 0 Å². The van der Waals surface area contributed by atoms with Gasteiger partial charge in [-0.15, -0.1) is 0 Å². The molecule has 1 N–H and O–H groups in total. The highest BCUT2D eigenvalue weighted by Crippen LogP contribution is 2.23. The minimum atomic E-state index is -0.931. The largest absolute Gasteiger partial charge is 0.478 e. The van der Waals surface area contributed by atoms with E-state index in [0.717, 1.165) is 29.8 Å². The third-order valence-electron chi connectivity index (χ3n) is 3.65. The number of carbonyl (C=O) groups is 1. The summed E-state index contributed by atoms with van der Waals surface area (Å²) in [5, 5.41) is 8.70. The lowest BCUT2D eigenvalue weighted by molar-refractivity contribution is -0.131. The molecule has 0 aliphatic rings. The van der Waals surface area contributed by atoms with Gasteiger partial charge in [0.05, 0.1) is 6.61 Å². The summed E-state index contributed by atoms with van der Waals surface area (Å²) in [6.07, 6.45) is 3.85. The topological polar surface area (TPSA) is 49.8 Å². The van der Waals surface area contributed by atoms with Gasteiger partial charge in [-0.25, -0.2) is 4.79 Å². The summed E-state index contributed by atoms with van der Waals surface area (Å²) in [7, 11) is 1.71. The van der Waals surface area contributed by atoms with Gasteiger partial charge in [-0.3, -0.25) is 0 Å². The zero-order valence-corrected chi connectivity index (χ0v) is 13.3. The van der Waals surface area contributed by atoms with Crippen LogP contribution in [0.5, 0.6) is 0 Å². The van der Waals surface area contributed by atoms with Crippen molar-refractivity contribution in [2.75, 3.05) is 25.2 Å². The van der Waals surface area contributed by atoms with Crippen molar-refractivity contribution in [3.8, 4) is 0 Å². The van der Waals surface area contributed by atoms with Gasteiger partial charge in [-0.1, -0.05) is 13.0 Å². The van der Waals surface area contributed by atoms with Gasteiger partial charge in [0.1, 0.15) is 0 Å². The molecule has 0 radical (unpaired) electrons. The Hall–Kier alpha value is -1.81. The van der Waals surface area contributed by atoms with E-state index in [1.807, 2.05) is 19.1 Å². The molecule has 1 aromatic carbocycles. The molecular formula is C17H25NO3. The van der Waals surface area contributed by atoms with Crippen LogP contribution in [0.4, 0.5) is 5.69 Å². The molecule has 0 aliphatic carbocycles. The third-order valence-corrected chi connectivity index (χ3v) is 3.65. The molecule has 0 saturated heterocycles. The van der Waals surface area contributed by atoms with Crippen molar-refractivity contribution in [1.82, 2.24) is 0 Å². The van der Waals surface area contributed by atoms with E-state index < -0.39 is 5.97 Å². The first-order valence-electron chi connectivity index (χ1n) is 7.26. The number of nitrogens with zero attached hydrogens (tertiary/aromatic N) is 1. The summed E-state index contributed by atoms with van der Waals surface area (Å²) >= 11 is 0. The molecule has 1 rings (SSSR count). The maximum absolute atomic E-state index is 10.6. The number of anilines is 1. The van der Waals surface area contributed by atoms with Crippen molar-refractivity contribution in [3.05, 3.63) is 35.4 Å². The SMILES string of the molecule is CCC(C)N(CCOC)c1ccc(C=CC(=O)O)c(C)c1. The standard InChI is InChI=1S/C17H25NO3/c1-5-14(3)18(10-11-21-4)16-8-6-15(13(2)12-16)7-9-17(19)20/h6-9,12,14H,5,10-11H2,1-4H3,(H,19,20). The van der Waals surface area contributed by atoms with Crippen molar-refractivity contribution in [1.29, 1.82) is 0 Å². The van der Waals surface area contributed by atoms with Crippen LogP contribution in [0.3, 0.4) is 0 Å². The van der Waals surface area contributed by atoms with Gasteiger partial charge < -0.3 is 14.7 Å². The number of aryl methyl sites for hydroxylation is 1. The second-order valence-corrected chi connectivity index (χ2v) is 5.16. The van der Waals surface area contributed by atoms with Crippen molar-refractivity contribution in [3.63, 3.8) is 0 Å². The molecule has 0 fully saturated rings. The summed E-state index contributed by atoms with van der Waals surface area (Å²) in [6, 6.07) is 6.53. The Morgan fingerprint density at radius 2 is 2.19 bits per heavy atom. The first-order valence-corrected chi connectivity index (χ1v) is 7.26. The highest BCUT2D eigenvalue weighted by atomic mass is 16.5. The average molecular weight is 291 g/mol. The van der Waals surface area contributed by atoms with Crippen molar-refractivity contribution < 1.29 is 14.6 Å². The fourth-order valence-electron chi connectivity index (χ4n) is 2.20. The molecule has 0 aliphatic heterocycles. The van der Waals surface area contributed by atoms with E-state index in [1.165, 1.54) is 6.08 Å². The molecule has 116 valence electrons. The average Bonchev–Trinajstić information content (AvgIpc) is 2.46. The fourth-order valence-corrected chi connectivity index (χ4v) is 2.20. The van der Waals surface area contributed by atoms with Crippen molar-refractivity contribution in [2.24, 2.45) is 0 Å². The summed E-state index contributed by atoms with van der Waals surface area (Å²) in [5.74, 6) is -0.931. The van der Waals surface area contributed by atoms with Gasteiger partial charge in [0.2, 0.25) is 0 Å². The second-order valence-electron chi connectivity index (χ2n) is 5.16. The molecular weight excluding hydrogens is 266 g/mol. The van der Waals surface area contributed by atoms with Gasteiger partial charge in [0, 0.05) is 31.5 Å².